The standard InChI is InChI=1S/C27H36ClN5O4S/c1-19(18-32-12-14-37-15-13-32)29-16-21(17-30-27(36)23-9-10-24(28)38-23)31-26(35)20-5-7-22(8-6-20)33-11-3-2-4-25(33)34/h5-10,19,21,29H,2-4,11-18H2,1H3,(H,30,36)(H,31,35). The first-order valence-electron chi connectivity index (χ1n) is 13.2. The van der Waals surface area contributed by atoms with Crippen LogP contribution in [0.15, 0.2) is 36.4 Å². The van der Waals surface area contributed by atoms with Gasteiger partial charge in [-0.3, -0.25) is 19.3 Å². The maximum absolute atomic E-state index is 13.1. The molecule has 2 unspecified atom stereocenters. The number of nitrogens with one attached hydrogen (secondary N) is 3. The minimum absolute atomic E-state index is 0.119. The van der Waals surface area contributed by atoms with E-state index in [1.54, 1.807) is 29.2 Å². The molecule has 2 atom stereocenters. The van der Waals surface area contributed by atoms with E-state index in [2.05, 4.69) is 27.8 Å². The number of benzene rings is 1. The van der Waals surface area contributed by atoms with Crippen molar-refractivity contribution < 1.29 is 19.1 Å². The topological polar surface area (TPSA) is 103 Å². The van der Waals surface area contributed by atoms with Crippen molar-refractivity contribution in [3.8, 4) is 0 Å². The molecule has 4 rings (SSSR count). The van der Waals surface area contributed by atoms with E-state index in [0.29, 0.717) is 34.3 Å². The number of rotatable bonds is 11. The van der Waals surface area contributed by atoms with Gasteiger partial charge in [-0.2, -0.15) is 0 Å². The fourth-order valence-corrected chi connectivity index (χ4v) is 5.59. The number of thiophene rings is 1. The van der Waals surface area contributed by atoms with Crippen LogP contribution in [0.2, 0.25) is 4.34 Å². The molecule has 2 aliphatic rings. The van der Waals surface area contributed by atoms with Gasteiger partial charge in [-0.05, 0) is 56.2 Å². The Labute approximate surface area is 232 Å². The van der Waals surface area contributed by atoms with E-state index in [1.165, 1.54) is 11.3 Å². The van der Waals surface area contributed by atoms with E-state index >= 15 is 0 Å². The van der Waals surface area contributed by atoms with E-state index in [4.69, 9.17) is 16.3 Å². The van der Waals surface area contributed by atoms with Gasteiger partial charge in [-0.25, -0.2) is 0 Å². The summed E-state index contributed by atoms with van der Waals surface area (Å²) in [5.41, 5.74) is 1.31. The molecule has 0 bridgehead atoms. The molecule has 11 heteroatoms. The third-order valence-electron chi connectivity index (χ3n) is 6.75. The number of piperidine rings is 1. The lowest BCUT2D eigenvalue weighted by molar-refractivity contribution is -0.119. The molecule has 2 aromatic rings. The number of carbonyl (C=O) groups is 3. The van der Waals surface area contributed by atoms with E-state index in [0.717, 1.165) is 51.4 Å². The van der Waals surface area contributed by atoms with Crippen LogP contribution in [0.25, 0.3) is 0 Å². The molecule has 9 nitrogen and oxygen atoms in total. The summed E-state index contributed by atoms with van der Waals surface area (Å²) in [5, 5.41) is 9.48. The van der Waals surface area contributed by atoms with Gasteiger partial charge in [0.05, 0.1) is 28.5 Å². The van der Waals surface area contributed by atoms with Crippen molar-refractivity contribution in [2.45, 2.75) is 38.3 Å². The molecule has 0 radical (unpaired) electrons. The van der Waals surface area contributed by atoms with Crippen LogP contribution in [0.4, 0.5) is 5.69 Å². The highest BCUT2D eigenvalue weighted by atomic mass is 35.5. The Hall–Kier alpha value is -2.50. The summed E-state index contributed by atoms with van der Waals surface area (Å²) in [4.78, 5) is 42.6. The summed E-state index contributed by atoms with van der Waals surface area (Å²) in [5.74, 6) is -0.339. The number of ether oxygens (including phenoxy) is 1. The van der Waals surface area contributed by atoms with Gasteiger partial charge in [0, 0.05) is 63.0 Å². The summed E-state index contributed by atoms with van der Waals surface area (Å²) in [6, 6.07) is 10.4. The Morgan fingerprint density at radius 1 is 1.03 bits per heavy atom. The molecule has 3 N–H and O–H groups in total. The van der Waals surface area contributed by atoms with E-state index in [1.807, 2.05) is 12.1 Å². The molecule has 2 saturated heterocycles. The Bertz CT molecular complexity index is 1090. The van der Waals surface area contributed by atoms with Gasteiger partial charge in [0.2, 0.25) is 5.91 Å². The SMILES string of the molecule is CC(CN1CCOCC1)NCC(CNC(=O)c1ccc(Cl)s1)NC(=O)c1ccc(N2CCCCC2=O)cc1. The number of hydrogen-bond donors (Lipinski definition) is 3. The number of nitrogens with zero attached hydrogens (tertiary/aromatic N) is 2. The zero-order valence-electron chi connectivity index (χ0n) is 21.7. The predicted octanol–water partition coefficient (Wildman–Crippen LogP) is 2.76. The second-order valence-electron chi connectivity index (χ2n) is 9.76. The molecule has 3 amide bonds. The van der Waals surface area contributed by atoms with Crippen LogP contribution in [0, 0.1) is 0 Å². The Balaban J connectivity index is 1.35. The zero-order chi connectivity index (χ0) is 26.9. The highest BCUT2D eigenvalue weighted by Crippen LogP contribution is 2.22. The number of carbonyl (C=O) groups excluding carboxylic acids is 3. The fraction of sp³-hybridized carbons (Fsp3) is 0.519. The first-order chi connectivity index (χ1) is 18.4. The second-order valence-corrected chi connectivity index (χ2v) is 11.5. The summed E-state index contributed by atoms with van der Waals surface area (Å²) >= 11 is 7.19. The monoisotopic (exact) mass is 561 g/mol. The first-order valence-corrected chi connectivity index (χ1v) is 14.4. The molecule has 0 aliphatic carbocycles. The predicted molar refractivity (Wildman–Crippen MR) is 150 cm³/mol. The molecular formula is C27H36ClN5O4S. The Morgan fingerprint density at radius 3 is 2.47 bits per heavy atom. The van der Waals surface area contributed by atoms with Gasteiger partial charge in [0.15, 0.2) is 0 Å². The van der Waals surface area contributed by atoms with Crippen LogP contribution in [0.5, 0.6) is 0 Å². The van der Waals surface area contributed by atoms with Crippen LogP contribution < -0.4 is 20.9 Å². The van der Waals surface area contributed by atoms with Crippen molar-refractivity contribution in [2.24, 2.45) is 0 Å². The van der Waals surface area contributed by atoms with Crippen molar-refractivity contribution in [3.05, 3.63) is 51.2 Å². The summed E-state index contributed by atoms with van der Waals surface area (Å²) in [6.45, 7) is 7.75. The summed E-state index contributed by atoms with van der Waals surface area (Å²) in [6.07, 6.45) is 2.46. The average Bonchev–Trinajstić information content (AvgIpc) is 3.37. The van der Waals surface area contributed by atoms with Crippen LogP contribution in [-0.2, 0) is 9.53 Å². The maximum Gasteiger partial charge on any atom is 0.261 e. The Kier molecular flexibility index (Phi) is 10.5. The lowest BCUT2D eigenvalue weighted by atomic mass is 10.1. The van der Waals surface area contributed by atoms with Crippen LogP contribution in [-0.4, -0.2) is 87.2 Å². The van der Waals surface area contributed by atoms with Crippen molar-refractivity contribution in [1.29, 1.82) is 0 Å². The van der Waals surface area contributed by atoms with E-state index < -0.39 is 0 Å². The molecule has 206 valence electrons. The molecule has 0 spiro atoms. The molecule has 2 aliphatic heterocycles. The lowest BCUT2D eigenvalue weighted by Gasteiger charge is -2.30. The lowest BCUT2D eigenvalue weighted by Crippen LogP contribution is -2.52. The second kappa shape index (κ2) is 14.0. The van der Waals surface area contributed by atoms with Gasteiger partial charge in [0.25, 0.3) is 11.8 Å². The van der Waals surface area contributed by atoms with Gasteiger partial charge < -0.3 is 25.6 Å². The summed E-state index contributed by atoms with van der Waals surface area (Å²) in [7, 11) is 0. The number of halogens is 1. The van der Waals surface area contributed by atoms with Crippen molar-refractivity contribution in [3.63, 3.8) is 0 Å². The number of amides is 3. The third-order valence-corrected chi connectivity index (χ3v) is 7.98. The maximum atomic E-state index is 13.1. The van der Waals surface area contributed by atoms with Crippen molar-refractivity contribution in [1.82, 2.24) is 20.9 Å². The highest BCUT2D eigenvalue weighted by molar-refractivity contribution is 7.18. The molecule has 3 heterocycles. The van der Waals surface area contributed by atoms with Crippen molar-refractivity contribution >= 4 is 46.3 Å². The normalized spacial score (nSPS) is 18.2. The largest absolute Gasteiger partial charge is 0.379 e. The van der Waals surface area contributed by atoms with Crippen LogP contribution in [0.1, 0.15) is 46.2 Å². The van der Waals surface area contributed by atoms with Gasteiger partial charge in [-0.15, -0.1) is 11.3 Å². The van der Waals surface area contributed by atoms with Gasteiger partial charge >= 0.3 is 0 Å². The number of morpholine rings is 1. The Morgan fingerprint density at radius 2 is 1.79 bits per heavy atom. The van der Waals surface area contributed by atoms with E-state index in [9.17, 15) is 14.4 Å². The molecule has 38 heavy (non-hydrogen) atoms. The molecule has 1 aromatic carbocycles. The molecule has 1 aromatic heterocycles. The fourth-order valence-electron chi connectivity index (χ4n) is 4.63. The molecular weight excluding hydrogens is 526 g/mol. The average molecular weight is 562 g/mol. The molecule has 2 fully saturated rings. The van der Waals surface area contributed by atoms with Gasteiger partial charge in [-0.1, -0.05) is 11.6 Å². The van der Waals surface area contributed by atoms with Gasteiger partial charge in [0.1, 0.15) is 0 Å². The number of hydrogen-bond acceptors (Lipinski definition) is 7. The third kappa shape index (κ3) is 8.25. The zero-order valence-corrected chi connectivity index (χ0v) is 23.3. The highest BCUT2D eigenvalue weighted by Gasteiger charge is 2.21. The van der Waals surface area contributed by atoms with E-state index in [-0.39, 0.29) is 36.3 Å². The summed E-state index contributed by atoms with van der Waals surface area (Å²) < 4.78 is 5.98. The van der Waals surface area contributed by atoms with Crippen molar-refractivity contribution in [2.75, 3.05) is 57.4 Å². The van der Waals surface area contributed by atoms with Crippen LogP contribution in [0.3, 0.4) is 0 Å². The number of anilines is 1. The van der Waals surface area contributed by atoms with Crippen LogP contribution >= 0.6 is 22.9 Å². The minimum atomic E-state index is -0.336. The minimum Gasteiger partial charge on any atom is -0.379 e. The molecule has 0 saturated carbocycles. The smallest absolute Gasteiger partial charge is 0.261 e. The first kappa shape index (κ1) is 28.5. The quantitative estimate of drug-likeness (QED) is 0.390.